The minimum atomic E-state index is -0.358. The fourth-order valence-corrected chi connectivity index (χ4v) is 1.43. The van der Waals surface area contributed by atoms with Gasteiger partial charge in [0, 0.05) is 17.7 Å². The lowest BCUT2D eigenvalue weighted by Gasteiger charge is -2.05. The third-order valence-corrected chi connectivity index (χ3v) is 2.09. The average Bonchev–Trinajstić information content (AvgIpc) is 2.73. The van der Waals surface area contributed by atoms with Crippen LogP contribution in [0.3, 0.4) is 0 Å². The lowest BCUT2D eigenvalue weighted by molar-refractivity contribution is 0.888. The van der Waals surface area contributed by atoms with Crippen LogP contribution in [0.25, 0.3) is 16.5 Å². The van der Waals surface area contributed by atoms with Crippen LogP contribution in [-0.2, 0) is 0 Å². The van der Waals surface area contributed by atoms with Gasteiger partial charge in [-0.25, -0.2) is 4.68 Å². The van der Waals surface area contributed by atoms with Crippen LogP contribution in [0.4, 0.5) is 0 Å². The summed E-state index contributed by atoms with van der Waals surface area (Å²) in [6.07, 6.45) is -0.659. The molecule has 0 N–H and O–H groups in total. The molecule has 0 fully saturated rings. The summed E-state index contributed by atoms with van der Waals surface area (Å²) in [4.78, 5) is 0. The molecule has 15 heavy (non-hydrogen) atoms. The predicted octanol–water partition coefficient (Wildman–Crippen LogP) is 3.03. The topological polar surface area (TPSA) is 17.8 Å². The van der Waals surface area contributed by atoms with E-state index in [-0.39, 0.29) is 48.2 Å². The second kappa shape index (κ2) is 3.24. The molecule has 2 aromatic carbocycles. The Morgan fingerprint density at radius 2 is 2.00 bits per heavy atom. The fourth-order valence-electron chi connectivity index (χ4n) is 1.43. The molecule has 0 spiro atoms. The van der Waals surface area contributed by atoms with E-state index in [0.29, 0.717) is 10.8 Å². The van der Waals surface area contributed by atoms with Gasteiger partial charge in [0.2, 0.25) is 0 Å². The van der Waals surface area contributed by atoms with E-state index in [4.69, 9.17) is 9.60 Å². The van der Waals surface area contributed by atoms with Crippen LogP contribution < -0.4 is 0 Å². The lowest BCUT2D eigenvalue weighted by Crippen LogP contribution is -1.94. The molecule has 0 saturated carbocycles. The molecule has 3 rings (SSSR count). The van der Waals surface area contributed by atoms with Crippen molar-refractivity contribution in [1.29, 1.82) is 0 Å². The second-order valence-corrected chi connectivity index (χ2v) is 2.96. The molecule has 0 amide bonds. The van der Waals surface area contributed by atoms with Crippen molar-refractivity contribution in [3.63, 3.8) is 0 Å². The van der Waals surface area contributed by atoms with Crippen molar-refractivity contribution in [2.24, 2.45) is 0 Å². The number of benzene rings is 2. The Morgan fingerprint density at radius 1 is 1.07 bits per heavy atom. The molecule has 0 saturated heterocycles. The summed E-state index contributed by atoms with van der Waals surface area (Å²) in [7, 11) is 0. The van der Waals surface area contributed by atoms with Crippen LogP contribution in [0.2, 0.25) is 0 Å². The monoisotopic (exact) mass is 201 g/mol. The van der Waals surface area contributed by atoms with Crippen molar-refractivity contribution in [2.45, 2.75) is 0 Å². The van der Waals surface area contributed by atoms with Crippen LogP contribution in [0.5, 0.6) is 0 Å². The zero-order valence-corrected chi connectivity index (χ0v) is 7.63. The molecular formula is C13H10N2. The predicted molar refractivity (Wildman–Crippen MR) is 61.1 cm³/mol. The minimum absolute atomic E-state index is 0.0539. The minimum Gasteiger partial charge on any atom is -0.240 e. The summed E-state index contributed by atoms with van der Waals surface area (Å²) >= 11 is 0. The Hall–Kier alpha value is -2.09. The maximum Gasteiger partial charge on any atom is 0.0860 e. The number of nitrogens with zero attached hydrogens (tertiary/aromatic N) is 2. The molecule has 0 aliphatic carbocycles. The quantitative estimate of drug-likeness (QED) is 0.591. The van der Waals surface area contributed by atoms with E-state index in [0.717, 1.165) is 4.68 Å². The van der Waals surface area contributed by atoms with E-state index in [9.17, 15) is 0 Å². The molecule has 1 aromatic heterocycles. The largest absolute Gasteiger partial charge is 0.240 e. The van der Waals surface area contributed by atoms with Gasteiger partial charge in [-0.05, 0) is 17.5 Å². The first-order valence-corrected chi connectivity index (χ1v) is 4.35. The van der Waals surface area contributed by atoms with Crippen LogP contribution in [-0.4, -0.2) is 9.78 Å². The van der Waals surface area contributed by atoms with Gasteiger partial charge in [-0.2, -0.15) is 5.10 Å². The number of hydrogen-bond donors (Lipinski definition) is 0. The highest BCUT2D eigenvalue weighted by Gasteiger charge is 2.01. The summed E-state index contributed by atoms with van der Waals surface area (Å²) in [5, 5.41) is 4.50. The highest BCUT2D eigenvalue weighted by molar-refractivity contribution is 5.89. The van der Waals surface area contributed by atoms with Gasteiger partial charge in [0.15, 0.2) is 0 Å². The summed E-state index contributed by atoms with van der Waals surface area (Å²) in [6.45, 7) is 0. The van der Waals surface area contributed by atoms with Gasteiger partial charge in [0.1, 0.15) is 0 Å². The lowest BCUT2D eigenvalue weighted by atomic mass is 10.1. The molecule has 0 aliphatic heterocycles. The van der Waals surface area contributed by atoms with Crippen molar-refractivity contribution in [3.05, 3.63) is 60.8 Å². The molecule has 0 unspecified atom stereocenters. The van der Waals surface area contributed by atoms with Gasteiger partial charge in [0.05, 0.1) is 15.3 Å². The summed E-state index contributed by atoms with van der Waals surface area (Å²) in [5.74, 6) is 0. The van der Waals surface area contributed by atoms with E-state index < -0.39 is 0 Å². The first-order chi connectivity index (χ1) is 10.3. The van der Waals surface area contributed by atoms with Crippen molar-refractivity contribution in [3.8, 4) is 5.69 Å². The van der Waals surface area contributed by atoms with E-state index >= 15 is 0 Å². The van der Waals surface area contributed by atoms with Crippen molar-refractivity contribution >= 4 is 10.8 Å². The molecule has 3 aromatic rings. The van der Waals surface area contributed by atoms with Gasteiger partial charge in [-0.15, -0.1) is 0 Å². The average molecular weight is 201 g/mol. The van der Waals surface area contributed by atoms with Crippen molar-refractivity contribution < 1.29 is 9.60 Å². The molecule has 0 aliphatic rings. The van der Waals surface area contributed by atoms with E-state index in [1.165, 1.54) is 18.2 Å². The number of fused-ring (bicyclic) bond motifs is 1. The molecule has 0 bridgehead atoms. The Kier molecular flexibility index (Phi) is 0.825. The number of hydrogen-bond acceptors (Lipinski definition) is 1. The first-order valence-electron chi connectivity index (χ1n) is 7.85. The molecule has 2 heteroatoms. The Balaban J connectivity index is 2.46. The molecule has 2 nitrogen and oxygen atoms in total. The smallest absolute Gasteiger partial charge is 0.0860 e. The summed E-state index contributed by atoms with van der Waals surface area (Å²) < 4.78 is 55.2. The van der Waals surface area contributed by atoms with Gasteiger partial charge in [-0.3, -0.25) is 0 Å². The normalized spacial score (nSPS) is 17.2. The van der Waals surface area contributed by atoms with Crippen LogP contribution >= 0.6 is 0 Å². The van der Waals surface area contributed by atoms with Gasteiger partial charge < -0.3 is 0 Å². The maximum atomic E-state index is 7.93. The molecule has 0 atom stereocenters. The SMILES string of the molecule is [2H]c1cc2c(-n3nc([2H])c([2H])c3[2H])cc([2H])c([2H])c2cc1[2H]. The molecule has 0 radical (unpaired) electrons. The summed E-state index contributed by atoms with van der Waals surface area (Å²) in [5.41, 5.74) is 0.251. The van der Waals surface area contributed by atoms with E-state index in [1.54, 1.807) is 0 Å². The Morgan fingerprint density at radius 3 is 2.87 bits per heavy atom. The molecular weight excluding hydrogens is 184 g/mol. The summed E-state index contributed by atoms with van der Waals surface area (Å²) in [6, 6.07) is 3.37. The number of rotatable bonds is 1. The Labute approximate surface area is 97.6 Å². The third kappa shape index (κ3) is 1.31. The number of aromatic nitrogens is 2. The standard InChI is InChI=1S/C13H10N2/c1-2-7-12-11(5-1)6-3-8-13(12)15-10-4-9-14-15/h1-10H/i1D,2D,3D,4D,6D,9D,10D. The third-order valence-electron chi connectivity index (χ3n) is 2.09. The second-order valence-electron chi connectivity index (χ2n) is 2.96. The van der Waals surface area contributed by atoms with Crippen LogP contribution in [0.1, 0.15) is 9.60 Å². The first kappa shape index (κ1) is 3.81. The van der Waals surface area contributed by atoms with Crippen molar-refractivity contribution in [1.82, 2.24) is 9.78 Å². The van der Waals surface area contributed by atoms with Gasteiger partial charge in [-0.1, -0.05) is 36.3 Å². The van der Waals surface area contributed by atoms with Crippen molar-refractivity contribution in [2.75, 3.05) is 0 Å². The van der Waals surface area contributed by atoms with Gasteiger partial charge in [0.25, 0.3) is 0 Å². The van der Waals surface area contributed by atoms with E-state index in [1.807, 2.05) is 0 Å². The zero-order valence-electron chi connectivity index (χ0n) is 14.6. The highest BCUT2D eigenvalue weighted by Crippen LogP contribution is 2.20. The highest BCUT2D eigenvalue weighted by atomic mass is 15.3. The Bertz CT molecular complexity index is 917. The fraction of sp³-hybridized carbons (Fsp3) is 0. The zero-order chi connectivity index (χ0) is 16.2. The van der Waals surface area contributed by atoms with E-state index in [2.05, 4.69) is 5.10 Å². The van der Waals surface area contributed by atoms with Crippen LogP contribution in [0.15, 0.2) is 60.8 Å². The van der Waals surface area contributed by atoms with Crippen LogP contribution in [0, 0.1) is 0 Å². The molecule has 72 valence electrons. The maximum absolute atomic E-state index is 7.93. The van der Waals surface area contributed by atoms with Gasteiger partial charge >= 0.3 is 0 Å². The molecule has 1 heterocycles.